The number of benzene rings is 2. The highest BCUT2D eigenvalue weighted by Gasteiger charge is 2.49. The lowest BCUT2D eigenvalue weighted by molar-refractivity contribution is 0.286. The summed E-state index contributed by atoms with van der Waals surface area (Å²) in [5.41, 5.74) is 0. The molecule has 0 aliphatic rings. The van der Waals surface area contributed by atoms with Crippen LogP contribution in [0.25, 0.3) is 0 Å². The van der Waals surface area contributed by atoms with Crippen molar-refractivity contribution in [3.8, 4) is 0 Å². The third-order valence-electron chi connectivity index (χ3n) is 5.63. The zero-order valence-electron chi connectivity index (χ0n) is 18.1. The molecule has 0 bridgehead atoms. The van der Waals surface area contributed by atoms with E-state index in [1.807, 2.05) is 6.07 Å². The van der Waals surface area contributed by atoms with Crippen LogP contribution in [0.2, 0.25) is 5.04 Å². The molecule has 2 nitrogen and oxygen atoms in total. The molecule has 0 atom stereocenters. The molecule has 0 amide bonds. The second-order valence-corrected chi connectivity index (χ2v) is 13.1. The Morgan fingerprint density at radius 2 is 1.31 bits per heavy atom. The molecule has 0 saturated carbocycles. The van der Waals surface area contributed by atoms with Crippen molar-refractivity contribution in [2.75, 3.05) is 6.61 Å². The molecular formula is C26H34O2Si. The fraction of sp³-hybridized carbons (Fsp3) is 0.385. The number of aryl methyl sites for hydroxylation is 1. The predicted molar refractivity (Wildman–Crippen MR) is 124 cm³/mol. The fourth-order valence-corrected chi connectivity index (χ4v) is 8.80. The monoisotopic (exact) mass is 406 g/mol. The summed E-state index contributed by atoms with van der Waals surface area (Å²) in [6.45, 7) is 7.82. The summed E-state index contributed by atoms with van der Waals surface area (Å²) in [5, 5.41) is 2.77. The van der Waals surface area contributed by atoms with E-state index in [2.05, 4.69) is 87.5 Å². The van der Waals surface area contributed by atoms with Gasteiger partial charge in [0.2, 0.25) is 0 Å². The van der Waals surface area contributed by atoms with Gasteiger partial charge >= 0.3 is 0 Å². The van der Waals surface area contributed by atoms with Crippen LogP contribution in [0, 0.1) is 0 Å². The molecule has 154 valence electrons. The van der Waals surface area contributed by atoms with E-state index in [0.717, 1.165) is 25.2 Å². The minimum absolute atomic E-state index is 0.0506. The Hall–Kier alpha value is -2.10. The molecule has 0 aliphatic heterocycles. The van der Waals surface area contributed by atoms with Crippen molar-refractivity contribution in [2.24, 2.45) is 0 Å². The van der Waals surface area contributed by atoms with E-state index in [4.69, 9.17) is 8.84 Å². The summed E-state index contributed by atoms with van der Waals surface area (Å²) in [6.07, 6.45) is 7.47. The van der Waals surface area contributed by atoms with E-state index in [0.29, 0.717) is 0 Å². The lowest BCUT2D eigenvalue weighted by atomic mass is 10.1. The van der Waals surface area contributed by atoms with Crippen molar-refractivity contribution in [3.05, 3.63) is 84.8 Å². The molecule has 2 aromatic carbocycles. The van der Waals surface area contributed by atoms with Gasteiger partial charge in [-0.3, -0.25) is 0 Å². The van der Waals surface area contributed by atoms with Crippen LogP contribution in [-0.4, -0.2) is 14.9 Å². The second kappa shape index (κ2) is 10.1. The normalized spacial score (nSPS) is 12.2. The van der Waals surface area contributed by atoms with E-state index >= 15 is 0 Å². The Labute approximate surface area is 177 Å². The molecule has 3 rings (SSSR count). The molecule has 0 radical (unpaired) electrons. The minimum atomic E-state index is -2.38. The number of hydrogen-bond acceptors (Lipinski definition) is 2. The van der Waals surface area contributed by atoms with Crippen molar-refractivity contribution in [3.63, 3.8) is 0 Å². The Bertz CT molecular complexity index is 781. The molecule has 1 aromatic heterocycles. The van der Waals surface area contributed by atoms with E-state index in [9.17, 15) is 0 Å². The van der Waals surface area contributed by atoms with Gasteiger partial charge in [0.05, 0.1) is 6.26 Å². The van der Waals surface area contributed by atoms with Gasteiger partial charge in [0, 0.05) is 13.0 Å². The average Bonchev–Trinajstić information content (AvgIpc) is 3.24. The number of unbranched alkanes of at least 4 members (excludes halogenated alkanes) is 3. The van der Waals surface area contributed by atoms with Crippen molar-refractivity contribution < 1.29 is 8.84 Å². The predicted octanol–water partition coefficient (Wildman–Crippen LogP) is 5.96. The fourth-order valence-electron chi connectivity index (χ4n) is 4.20. The van der Waals surface area contributed by atoms with Crippen LogP contribution in [0.3, 0.4) is 0 Å². The van der Waals surface area contributed by atoms with Crippen LogP contribution in [-0.2, 0) is 10.8 Å². The Morgan fingerprint density at radius 1 is 0.724 bits per heavy atom. The van der Waals surface area contributed by atoms with E-state index in [1.54, 1.807) is 6.26 Å². The number of hydrogen-bond donors (Lipinski definition) is 0. The third kappa shape index (κ3) is 5.29. The lowest BCUT2D eigenvalue weighted by Crippen LogP contribution is -2.66. The van der Waals surface area contributed by atoms with Crippen molar-refractivity contribution in [1.29, 1.82) is 0 Å². The zero-order valence-corrected chi connectivity index (χ0v) is 19.1. The van der Waals surface area contributed by atoms with Crippen molar-refractivity contribution in [1.82, 2.24) is 0 Å². The molecule has 1 heterocycles. The minimum Gasteiger partial charge on any atom is -0.469 e. The number of rotatable bonds is 10. The molecule has 0 aliphatic carbocycles. The molecular weight excluding hydrogens is 372 g/mol. The molecule has 3 aromatic rings. The highest BCUT2D eigenvalue weighted by Crippen LogP contribution is 2.36. The van der Waals surface area contributed by atoms with Gasteiger partial charge < -0.3 is 8.84 Å². The Balaban J connectivity index is 1.67. The molecule has 29 heavy (non-hydrogen) atoms. The van der Waals surface area contributed by atoms with Gasteiger partial charge in [-0.05, 0) is 40.4 Å². The first-order chi connectivity index (χ1) is 14.0. The quantitative estimate of drug-likeness (QED) is 0.306. The zero-order chi connectivity index (χ0) is 20.6. The van der Waals surface area contributed by atoms with Gasteiger partial charge in [0.15, 0.2) is 0 Å². The first-order valence-electron chi connectivity index (χ1n) is 10.8. The Kier molecular flexibility index (Phi) is 7.51. The highest BCUT2D eigenvalue weighted by molar-refractivity contribution is 6.99. The molecule has 0 unspecified atom stereocenters. The van der Waals surface area contributed by atoms with Crippen LogP contribution in [0.4, 0.5) is 0 Å². The van der Waals surface area contributed by atoms with Gasteiger partial charge in [-0.1, -0.05) is 94.3 Å². The smallest absolute Gasteiger partial charge is 0.261 e. The van der Waals surface area contributed by atoms with Crippen LogP contribution in [0.5, 0.6) is 0 Å². The topological polar surface area (TPSA) is 22.4 Å². The van der Waals surface area contributed by atoms with E-state index in [1.165, 1.54) is 29.6 Å². The number of furan rings is 1. The standard InChI is InChI=1S/C26H34O2Si/c1-26(2,3)29(24-17-9-6-10-18-24,25-19-11-7-12-20-25)28-22-13-5-4-8-15-23-16-14-21-27-23/h6-7,9-12,14,16-21H,4-5,8,13,15,22H2,1-3H3. The van der Waals surface area contributed by atoms with E-state index < -0.39 is 8.32 Å². The van der Waals surface area contributed by atoms with Gasteiger partial charge in [0.25, 0.3) is 8.32 Å². The van der Waals surface area contributed by atoms with Crippen molar-refractivity contribution in [2.45, 2.75) is 57.9 Å². The maximum atomic E-state index is 6.94. The largest absolute Gasteiger partial charge is 0.469 e. The summed E-state index contributed by atoms with van der Waals surface area (Å²) in [7, 11) is -2.38. The van der Waals surface area contributed by atoms with Crippen LogP contribution in [0.1, 0.15) is 52.2 Å². The maximum Gasteiger partial charge on any atom is 0.261 e. The molecule has 3 heteroatoms. The molecule has 0 fully saturated rings. The van der Waals surface area contributed by atoms with E-state index in [-0.39, 0.29) is 5.04 Å². The van der Waals surface area contributed by atoms with Gasteiger partial charge in [-0.25, -0.2) is 0 Å². The van der Waals surface area contributed by atoms with Crippen LogP contribution in [0.15, 0.2) is 83.5 Å². The molecule has 0 saturated heterocycles. The average molecular weight is 407 g/mol. The van der Waals surface area contributed by atoms with Crippen LogP contribution >= 0.6 is 0 Å². The summed E-state index contributed by atoms with van der Waals surface area (Å²) in [6, 6.07) is 25.8. The van der Waals surface area contributed by atoms with Gasteiger partial charge in [0.1, 0.15) is 5.76 Å². The first-order valence-corrected chi connectivity index (χ1v) is 12.7. The molecule has 0 N–H and O–H groups in total. The Morgan fingerprint density at radius 3 is 1.83 bits per heavy atom. The molecule has 0 spiro atoms. The van der Waals surface area contributed by atoms with Crippen molar-refractivity contribution >= 4 is 18.7 Å². The first kappa shape index (κ1) is 21.6. The SMILES string of the molecule is CC(C)(C)[Si](OCCCCCCc1ccco1)(c1ccccc1)c1ccccc1. The van der Waals surface area contributed by atoms with Gasteiger partial charge in [-0.2, -0.15) is 0 Å². The summed E-state index contributed by atoms with van der Waals surface area (Å²) in [5.74, 6) is 1.09. The third-order valence-corrected chi connectivity index (χ3v) is 10.7. The van der Waals surface area contributed by atoms with Crippen LogP contribution < -0.4 is 10.4 Å². The summed E-state index contributed by atoms with van der Waals surface area (Å²) >= 11 is 0. The summed E-state index contributed by atoms with van der Waals surface area (Å²) < 4.78 is 12.4. The highest BCUT2D eigenvalue weighted by atomic mass is 28.4. The maximum absolute atomic E-state index is 6.94. The second-order valence-electron chi connectivity index (χ2n) is 8.76. The summed E-state index contributed by atoms with van der Waals surface area (Å²) in [4.78, 5) is 0. The van der Waals surface area contributed by atoms with Gasteiger partial charge in [-0.15, -0.1) is 0 Å². The lowest BCUT2D eigenvalue weighted by Gasteiger charge is -2.43.